The molecule has 2 rings (SSSR count). The average molecular weight is 238 g/mol. The molecule has 0 bridgehead atoms. The number of nitrogens with one attached hydrogen (secondary N) is 1. The first-order valence-electron chi connectivity index (χ1n) is 6.02. The first kappa shape index (κ1) is 12.0. The number of piperidine rings is 1. The summed E-state index contributed by atoms with van der Waals surface area (Å²) in [6.07, 6.45) is 3.36. The van der Waals surface area contributed by atoms with Crippen molar-refractivity contribution >= 4 is 5.97 Å². The van der Waals surface area contributed by atoms with E-state index in [0.717, 1.165) is 19.4 Å². The molecule has 2 heterocycles. The monoisotopic (exact) mass is 238 g/mol. The Hall–Kier alpha value is -1.43. The number of hydrogen-bond acceptors (Lipinski definition) is 5. The number of ether oxygens (including phenoxy) is 1. The lowest BCUT2D eigenvalue weighted by atomic mass is 9.99. The number of aromatic amines is 1. The number of hydrogen-bond donors (Lipinski definition) is 1. The molecule has 6 heteroatoms. The van der Waals surface area contributed by atoms with Crippen LogP contribution < -0.4 is 0 Å². The van der Waals surface area contributed by atoms with Crippen molar-refractivity contribution in [2.24, 2.45) is 0 Å². The fourth-order valence-electron chi connectivity index (χ4n) is 2.24. The number of rotatable bonds is 3. The van der Waals surface area contributed by atoms with Crippen molar-refractivity contribution in [1.82, 2.24) is 20.3 Å². The lowest BCUT2D eigenvalue weighted by molar-refractivity contribution is 0.0514. The van der Waals surface area contributed by atoms with Gasteiger partial charge in [-0.3, -0.25) is 4.90 Å². The van der Waals surface area contributed by atoms with E-state index in [1.54, 1.807) is 6.92 Å². The Bertz CT molecular complexity index is 391. The largest absolute Gasteiger partial charge is 0.461 e. The third kappa shape index (κ3) is 2.46. The van der Waals surface area contributed by atoms with Gasteiger partial charge in [-0.05, 0) is 33.4 Å². The van der Waals surface area contributed by atoms with E-state index < -0.39 is 5.97 Å². The summed E-state index contributed by atoms with van der Waals surface area (Å²) in [4.78, 5) is 13.9. The maximum atomic E-state index is 11.7. The highest BCUT2D eigenvalue weighted by molar-refractivity contribution is 5.88. The van der Waals surface area contributed by atoms with Crippen LogP contribution >= 0.6 is 0 Å². The van der Waals surface area contributed by atoms with Gasteiger partial charge in [0.1, 0.15) is 5.69 Å². The predicted molar refractivity (Wildman–Crippen MR) is 61.6 cm³/mol. The molecule has 1 N–H and O–H groups in total. The fraction of sp³-hybridized carbons (Fsp3) is 0.727. The Morgan fingerprint density at radius 1 is 1.53 bits per heavy atom. The highest BCUT2D eigenvalue weighted by atomic mass is 16.5. The smallest absolute Gasteiger partial charge is 0.360 e. The number of nitrogens with zero attached hydrogens (tertiary/aromatic N) is 3. The standard InChI is InChI=1S/C11H18N4O2/c1-3-17-11(16)10-9(12-14-13-10)8-6-4-5-7-15(8)2/h8H,3-7H2,1-2H3,(H,12,13,14). The first-order valence-corrected chi connectivity index (χ1v) is 6.02. The van der Waals surface area contributed by atoms with Crippen LogP contribution in [-0.4, -0.2) is 46.5 Å². The van der Waals surface area contributed by atoms with Crippen molar-refractivity contribution in [2.75, 3.05) is 20.2 Å². The molecule has 0 aromatic carbocycles. The number of carbonyl (C=O) groups excluding carboxylic acids is 1. The summed E-state index contributed by atoms with van der Waals surface area (Å²) in [5.41, 5.74) is 1.04. The third-order valence-electron chi connectivity index (χ3n) is 3.13. The van der Waals surface area contributed by atoms with Crippen LogP contribution in [0.3, 0.4) is 0 Å². The van der Waals surface area contributed by atoms with Crippen LogP contribution in [0, 0.1) is 0 Å². The summed E-state index contributed by atoms with van der Waals surface area (Å²) in [6, 6.07) is 0.168. The Morgan fingerprint density at radius 2 is 2.35 bits per heavy atom. The van der Waals surface area contributed by atoms with Crippen LogP contribution in [0.1, 0.15) is 48.4 Å². The van der Waals surface area contributed by atoms with E-state index in [2.05, 4.69) is 20.3 Å². The topological polar surface area (TPSA) is 71.1 Å². The number of carbonyl (C=O) groups is 1. The van der Waals surface area contributed by atoms with E-state index in [-0.39, 0.29) is 6.04 Å². The van der Waals surface area contributed by atoms with Crippen molar-refractivity contribution in [3.05, 3.63) is 11.4 Å². The maximum Gasteiger partial charge on any atom is 0.360 e. The molecule has 0 saturated carbocycles. The molecule has 0 radical (unpaired) electrons. The predicted octanol–water partition coefficient (Wildman–Crippen LogP) is 1.14. The van der Waals surface area contributed by atoms with E-state index in [1.165, 1.54) is 6.42 Å². The fourth-order valence-corrected chi connectivity index (χ4v) is 2.24. The summed E-state index contributed by atoms with van der Waals surface area (Å²) >= 11 is 0. The number of H-pyrrole nitrogens is 1. The van der Waals surface area contributed by atoms with Gasteiger partial charge in [-0.25, -0.2) is 4.79 Å². The second kappa shape index (κ2) is 5.27. The number of esters is 1. The first-order chi connectivity index (χ1) is 8.24. The Labute approximate surface area is 100 Å². The number of likely N-dealkylation sites (tertiary alicyclic amines) is 1. The molecular weight excluding hydrogens is 220 g/mol. The molecule has 1 saturated heterocycles. The minimum absolute atomic E-state index is 0.168. The minimum Gasteiger partial charge on any atom is -0.461 e. The van der Waals surface area contributed by atoms with Crippen LogP contribution in [0.15, 0.2) is 0 Å². The lowest BCUT2D eigenvalue weighted by Gasteiger charge is -2.31. The highest BCUT2D eigenvalue weighted by Gasteiger charge is 2.29. The van der Waals surface area contributed by atoms with Gasteiger partial charge in [0.05, 0.1) is 12.6 Å². The molecule has 17 heavy (non-hydrogen) atoms. The van der Waals surface area contributed by atoms with Gasteiger partial charge in [0, 0.05) is 0 Å². The van der Waals surface area contributed by atoms with E-state index in [4.69, 9.17) is 4.74 Å². The molecule has 1 unspecified atom stereocenters. The highest BCUT2D eigenvalue weighted by Crippen LogP contribution is 2.29. The van der Waals surface area contributed by atoms with E-state index >= 15 is 0 Å². The third-order valence-corrected chi connectivity index (χ3v) is 3.13. The molecule has 0 aliphatic carbocycles. The lowest BCUT2D eigenvalue weighted by Crippen LogP contribution is -2.31. The second-order valence-corrected chi connectivity index (χ2v) is 4.27. The molecule has 1 aliphatic heterocycles. The van der Waals surface area contributed by atoms with Gasteiger partial charge >= 0.3 is 5.97 Å². The van der Waals surface area contributed by atoms with E-state index in [1.807, 2.05) is 7.05 Å². The van der Waals surface area contributed by atoms with Crippen molar-refractivity contribution in [3.8, 4) is 0 Å². The molecular formula is C11H18N4O2. The van der Waals surface area contributed by atoms with Gasteiger partial charge in [0.2, 0.25) is 0 Å². The van der Waals surface area contributed by atoms with Crippen LogP contribution in [0.25, 0.3) is 0 Å². The second-order valence-electron chi connectivity index (χ2n) is 4.27. The molecule has 0 amide bonds. The van der Waals surface area contributed by atoms with Crippen molar-refractivity contribution < 1.29 is 9.53 Å². The SMILES string of the molecule is CCOC(=O)c1n[nH]nc1C1CCCCN1C. The molecule has 1 aromatic rings. The summed E-state index contributed by atoms with van der Waals surface area (Å²) in [7, 11) is 2.05. The molecule has 6 nitrogen and oxygen atoms in total. The van der Waals surface area contributed by atoms with Gasteiger partial charge in [-0.1, -0.05) is 6.42 Å². The van der Waals surface area contributed by atoms with Gasteiger partial charge < -0.3 is 4.74 Å². The van der Waals surface area contributed by atoms with Gasteiger partial charge in [0.25, 0.3) is 0 Å². The zero-order valence-electron chi connectivity index (χ0n) is 10.3. The summed E-state index contributed by atoms with van der Waals surface area (Å²) in [5, 5.41) is 10.6. The molecule has 1 fully saturated rings. The minimum atomic E-state index is -0.393. The van der Waals surface area contributed by atoms with Gasteiger partial charge in [0.15, 0.2) is 5.69 Å². The Kier molecular flexibility index (Phi) is 3.73. The molecule has 1 atom stereocenters. The molecule has 1 aromatic heterocycles. The Balaban J connectivity index is 2.20. The summed E-state index contributed by atoms with van der Waals surface area (Å²) in [6.45, 7) is 3.16. The van der Waals surface area contributed by atoms with Crippen molar-refractivity contribution in [2.45, 2.75) is 32.2 Å². The van der Waals surface area contributed by atoms with Gasteiger partial charge in [-0.2, -0.15) is 10.3 Å². The van der Waals surface area contributed by atoms with Crippen LogP contribution in [0.4, 0.5) is 0 Å². The quantitative estimate of drug-likeness (QED) is 0.799. The summed E-state index contributed by atoms with van der Waals surface area (Å²) in [5.74, 6) is -0.393. The number of aromatic nitrogens is 3. The van der Waals surface area contributed by atoms with Crippen LogP contribution in [-0.2, 0) is 4.74 Å². The molecule has 1 aliphatic rings. The van der Waals surface area contributed by atoms with E-state index in [0.29, 0.717) is 18.0 Å². The van der Waals surface area contributed by atoms with Crippen molar-refractivity contribution in [1.29, 1.82) is 0 Å². The van der Waals surface area contributed by atoms with Crippen LogP contribution in [0.5, 0.6) is 0 Å². The van der Waals surface area contributed by atoms with E-state index in [9.17, 15) is 4.79 Å². The van der Waals surface area contributed by atoms with Crippen LogP contribution in [0.2, 0.25) is 0 Å². The molecule has 0 spiro atoms. The van der Waals surface area contributed by atoms with Crippen molar-refractivity contribution in [3.63, 3.8) is 0 Å². The zero-order valence-corrected chi connectivity index (χ0v) is 10.3. The van der Waals surface area contributed by atoms with Gasteiger partial charge in [-0.15, -0.1) is 5.10 Å². The Morgan fingerprint density at radius 3 is 3.06 bits per heavy atom. The maximum absolute atomic E-state index is 11.7. The summed E-state index contributed by atoms with van der Waals surface area (Å²) < 4.78 is 4.97. The normalized spacial score (nSPS) is 21.4. The molecule has 94 valence electrons. The average Bonchev–Trinajstić information content (AvgIpc) is 2.79. The zero-order chi connectivity index (χ0) is 12.3.